The van der Waals surface area contributed by atoms with Crippen LogP contribution in [0.25, 0.3) is 0 Å². The second kappa shape index (κ2) is 5.03. The van der Waals surface area contributed by atoms with Gasteiger partial charge in [0.05, 0.1) is 6.20 Å². The third-order valence-electron chi connectivity index (χ3n) is 1.11. The molecule has 1 rings (SSSR count). The van der Waals surface area contributed by atoms with Gasteiger partial charge in [-0.3, -0.25) is 5.73 Å². The summed E-state index contributed by atoms with van der Waals surface area (Å²) in [4.78, 5) is 2.88. The molecule has 0 unspecified atom stereocenters. The molecule has 1 aromatic heterocycles. The summed E-state index contributed by atoms with van der Waals surface area (Å²) in [5.41, 5.74) is 6.55. The predicted octanol–water partition coefficient (Wildman–Crippen LogP) is -2.41. The maximum atomic E-state index is 8.83. The molecule has 7 heteroatoms. The fraction of sp³-hybridized carbons (Fsp3) is 0.167. The van der Waals surface area contributed by atoms with Crippen molar-refractivity contribution in [1.29, 1.82) is 0 Å². The van der Waals surface area contributed by atoms with Crippen molar-refractivity contribution in [1.82, 2.24) is 0 Å². The molecule has 0 aliphatic rings. The average molecular weight is 250 g/mol. The zero-order chi connectivity index (χ0) is 10.5. The number of H-pyrrole nitrogens is 1. The van der Waals surface area contributed by atoms with Crippen LogP contribution in [0.2, 0.25) is 0 Å². The molecule has 0 atom stereocenters. The zero-order valence-electron chi connectivity index (χ0n) is 6.97. The Morgan fingerprint density at radius 3 is 2.31 bits per heavy atom. The number of anilines is 1. The van der Waals surface area contributed by atoms with Crippen molar-refractivity contribution in [2.45, 2.75) is 6.92 Å². The topological polar surface area (TPSA) is 121 Å². The summed E-state index contributed by atoms with van der Waals surface area (Å²) >= 11 is -5.38. The molecule has 5 N–H and O–H groups in total. The van der Waals surface area contributed by atoms with Crippen molar-refractivity contribution in [2.75, 3.05) is 5.73 Å². The van der Waals surface area contributed by atoms with Crippen LogP contribution in [-0.2, 0) is 3.74 Å². The molecule has 0 spiro atoms. The van der Waals surface area contributed by atoms with E-state index < -0.39 is 14.5 Å². The van der Waals surface area contributed by atoms with Crippen LogP contribution in [0.1, 0.15) is 5.56 Å². The van der Waals surface area contributed by atoms with Crippen LogP contribution in [0.3, 0.4) is 0 Å². The van der Waals surface area contributed by atoms with Gasteiger partial charge in [-0.15, -0.1) is 0 Å². The van der Waals surface area contributed by atoms with E-state index in [0.717, 1.165) is 11.4 Å². The third-order valence-corrected chi connectivity index (χ3v) is 1.11. The van der Waals surface area contributed by atoms with E-state index in [0.29, 0.717) is 0 Å². The molecule has 13 heavy (non-hydrogen) atoms. The summed E-state index contributed by atoms with van der Waals surface area (Å²) in [6.45, 7) is 1.96. The van der Waals surface area contributed by atoms with Crippen LogP contribution in [0, 0.1) is 6.92 Å². The van der Waals surface area contributed by atoms with E-state index in [2.05, 4.69) is 4.98 Å². The van der Waals surface area contributed by atoms with Crippen LogP contribution >= 0.6 is 0 Å². The summed E-state index contributed by atoms with van der Waals surface area (Å²) in [7, 11) is 0. The fourth-order valence-corrected chi connectivity index (χ4v) is 0.534. The quantitative estimate of drug-likeness (QED) is 0.443. The zero-order valence-corrected chi connectivity index (χ0v) is 8.84. The molecule has 74 valence electrons. The van der Waals surface area contributed by atoms with Crippen molar-refractivity contribution in [2.24, 2.45) is 0 Å². The van der Waals surface area contributed by atoms with Crippen LogP contribution in [0.4, 0.5) is 5.82 Å². The molecule has 0 aliphatic heterocycles. The van der Waals surface area contributed by atoms with Gasteiger partial charge in [0.25, 0.3) is 5.82 Å². The number of aromatic amines is 1. The molecule has 0 amide bonds. The molecule has 0 saturated heterocycles. The second-order valence-corrected chi connectivity index (χ2v) is 4.32. The molecule has 0 aliphatic carbocycles. The van der Waals surface area contributed by atoms with Gasteiger partial charge in [-0.05, 0) is 19.1 Å². The number of hydrogen-bond acceptors (Lipinski definition) is 3. The van der Waals surface area contributed by atoms with E-state index in [1.165, 1.54) is 0 Å². The minimum absolute atomic E-state index is 0.743. The molecule has 1 heterocycles. The summed E-state index contributed by atoms with van der Waals surface area (Å²) < 4.78 is 31.9. The number of nitrogen functional groups attached to an aromatic ring is 1. The van der Waals surface area contributed by atoms with Crippen LogP contribution < -0.4 is 14.8 Å². The molecular weight excluding hydrogens is 239 g/mol. The summed E-state index contributed by atoms with van der Waals surface area (Å²) in [6, 6.07) is 3.89. The summed E-state index contributed by atoms with van der Waals surface area (Å²) in [6.07, 6.45) is 1.81. The van der Waals surface area contributed by atoms with Gasteiger partial charge in [-0.25, -0.2) is 4.98 Å². The molecule has 0 fully saturated rings. The van der Waals surface area contributed by atoms with Gasteiger partial charge >= 0.3 is 30.5 Å². The molecule has 0 aromatic carbocycles. The number of nitrogens with two attached hydrogens (primary N) is 1. The standard InChI is InChI=1S/C6H8N2.AsH3O4/c1-5-3-2-4-8-6(5)7;2-1(3,4)5/h2-4H,1H3,(H2,7,8);(H3,2,3,4,5). The van der Waals surface area contributed by atoms with Gasteiger partial charge in [-0.2, -0.15) is 0 Å². The number of nitrogens with one attached hydrogen (secondary N) is 1. The number of pyridine rings is 1. The molecular formula is C6H11AsN2O4. The predicted molar refractivity (Wildman–Crippen MR) is 43.0 cm³/mol. The minimum atomic E-state index is -5.38. The monoisotopic (exact) mass is 250 g/mol. The second-order valence-electron chi connectivity index (χ2n) is 2.26. The molecule has 0 bridgehead atoms. The first-order valence-corrected chi connectivity index (χ1v) is 6.51. The van der Waals surface area contributed by atoms with Crippen molar-refractivity contribution in [3.8, 4) is 0 Å². The van der Waals surface area contributed by atoms with E-state index in [1.54, 1.807) is 0 Å². The first kappa shape index (κ1) is 12.2. The van der Waals surface area contributed by atoms with Gasteiger partial charge in [0.1, 0.15) is 0 Å². The van der Waals surface area contributed by atoms with E-state index >= 15 is 0 Å². The van der Waals surface area contributed by atoms with Crippen molar-refractivity contribution in [3.05, 3.63) is 23.9 Å². The molecule has 1 aromatic rings. The molecule has 0 radical (unpaired) electrons. The molecule has 6 nitrogen and oxygen atoms in total. The van der Waals surface area contributed by atoms with Crippen LogP contribution in [-0.4, -0.2) is 22.7 Å². The Morgan fingerprint density at radius 1 is 1.62 bits per heavy atom. The Balaban J connectivity index is 0.000000252. The third kappa shape index (κ3) is 9.10. The first-order valence-electron chi connectivity index (χ1n) is 3.30. The maximum absolute atomic E-state index is 8.83. The summed E-state index contributed by atoms with van der Waals surface area (Å²) in [5, 5.41) is 0. The number of rotatable bonds is 0. The Bertz CT molecular complexity index is 282. The Morgan fingerprint density at radius 2 is 2.08 bits per heavy atom. The normalized spacial score (nSPS) is 10.2. The van der Waals surface area contributed by atoms with E-state index in [9.17, 15) is 0 Å². The Hall–Kier alpha value is -0.812. The van der Waals surface area contributed by atoms with Crippen molar-refractivity contribution in [3.63, 3.8) is 0 Å². The Kier molecular flexibility index (Phi) is 4.72. The van der Waals surface area contributed by atoms with Gasteiger partial charge in [0.15, 0.2) is 0 Å². The Labute approximate surface area is 78.4 Å². The van der Waals surface area contributed by atoms with Gasteiger partial charge in [-0.1, -0.05) is 0 Å². The summed E-state index contributed by atoms with van der Waals surface area (Å²) in [5.74, 6) is 0.743. The van der Waals surface area contributed by atoms with E-state index in [-0.39, 0.29) is 0 Å². The van der Waals surface area contributed by atoms with Crippen molar-refractivity contribution >= 4 is 20.3 Å². The number of aryl methyl sites for hydroxylation is 1. The van der Waals surface area contributed by atoms with Crippen molar-refractivity contribution < 1.29 is 21.0 Å². The van der Waals surface area contributed by atoms with E-state index in [4.69, 9.17) is 21.8 Å². The van der Waals surface area contributed by atoms with Gasteiger partial charge < -0.3 is 0 Å². The number of hydrogen-bond donors (Lipinski definition) is 3. The number of aromatic nitrogens is 1. The fourth-order valence-electron chi connectivity index (χ4n) is 0.534. The van der Waals surface area contributed by atoms with Crippen LogP contribution in [0.5, 0.6) is 0 Å². The molecule has 0 saturated carbocycles. The van der Waals surface area contributed by atoms with Crippen LogP contribution in [0.15, 0.2) is 18.3 Å². The first-order chi connectivity index (χ1) is 5.80. The SMILES string of the molecule is Cc1ccc[nH+]c1N.O=[As]([O-])(O)O. The van der Waals surface area contributed by atoms with Gasteiger partial charge in [0, 0.05) is 5.56 Å². The van der Waals surface area contributed by atoms with E-state index in [1.807, 2.05) is 25.3 Å². The average Bonchev–Trinajstić information content (AvgIpc) is 1.92. The van der Waals surface area contributed by atoms with Gasteiger partial charge in [0.2, 0.25) is 0 Å².